The van der Waals surface area contributed by atoms with Crippen molar-refractivity contribution in [1.29, 1.82) is 5.26 Å². The third kappa shape index (κ3) is 3.63. The van der Waals surface area contributed by atoms with Crippen molar-refractivity contribution < 1.29 is 27.5 Å². The van der Waals surface area contributed by atoms with Gasteiger partial charge < -0.3 is 5.11 Å². The molecule has 4 unspecified atom stereocenters. The van der Waals surface area contributed by atoms with Crippen molar-refractivity contribution in [3.63, 3.8) is 0 Å². The van der Waals surface area contributed by atoms with Crippen molar-refractivity contribution >= 4 is 11.7 Å². The highest BCUT2D eigenvalue weighted by Gasteiger charge is 2.60. The summed E-state index contributed by atoms with van der Waals surface area (Å²) < 4.78 is 55.1. The maximum Gasteiger partial charge on any atom is 0.416 e. The number of halogens is 4. The molecule has 29 heavy (non-hydrogen) atoms. The zero-order valence-corrected chi connectivity index (χ0v) is 16.1. The summed E-state index contributed by atoms with van der Waals surface area (Å²) in [5.74, 6) is -4.66. The minimum Gasteiger partial charge on any atom is -0.481 e. The Labute approximate surface area is 166 Å². The van der Waals surface area contributed by atoms with E-state index < -0.39 is 46.8 Å². The summed E-state index contributed by atoms with van der Waals surface area (Å²) in [6.07, 6.45) is -2.82. The van der Waals surface area contributed by atoms with Crippen LogP contribution >= 0.6 is 0 Å². The molecule has 4 nitrogen and oxygen atoms in total. The van der Waals surface area contributed by atoms with Crippen molar-refractivity contribution in [2.75, 3.05) is 0 Å². The quantitative estimate of drug-likeness (QED) is 0.679. The number of alkyl halides is 3. The Kier molecular flexibility index (Phi) is 5.46. The van der Waals surface area contributed by atoms with Crippen molar-refractivity contribution in [3.8, 4) is 6.07 Å². The van der Waals surface area contributed by atoms with Gasteiger partial charge in [0.15, 0.2) is 0 Å². The van der Waals surface area contributed by atoms with E-state index in [9.17, 15) is 32.7 Å². The second kappa shape index (κ2) is 7.43. The predicted molar refractivity (Wildman–Crippen MR) is 97.8 cm³/mol. The molecule has 8 heteroatoms. The number of nitrogens with zero attached hydrogens (tertiary/aromatic N) is 2. The maximum atomic E-state index is 13.8. The van der Waals surface area contributed by atoms with E-state index >= 15 is 0 Å². The largest absolute Gasteiger partial charge is 0.481 e. The Hall–Kier alpha value is -2.43. The first kappa shape index (κ1) is 21.3. The first-order valence-electron chi connectivity index (χ1n) is 9.60. The zero-order chi connectivity index (χ0) is 21.6. The molecule has 1 aliphatic carbocycles. The number of aliphatic carboxylic acids is 1. The lowest BCUT2D eigenvalue weighted by atomic mass is 9.57. The normalized spacial score (nSPS) is 29.8. The average Bonchev–Trinajstić information content (AvgIpc) is 3.45. The van der Waals surface area contributed by atoms with E-state index in [1.54, 1.807) is 13.8 Å². The number of hydrogen-bond donors (Lipinski definition) is 1. The standard InChI is InChI=1S/C21H22F4N2O2/c1-3-17-20(19(28)29,9-12-4-5-12)18(15(10-26)11(2)27-17)14-7-6-13(22)8-16(14)21(23,24)25/h6-8,12,15,17-18H,3-5,9H2,1-2H3,(H,28,29). The van der Waals surface area contributed by atoms with Crippen LogP contribution in [0.5, 0.6) is 0 Å². The van der Waals surface area contributed by atoms with Crippen LogP contribution in [0.15, 0.2) is 23.2 Å². The Morgan fingerprint density at radius 1 is 1.38 bits per heavy atom. The van der Waals surface area contributed by atoms with Gasteiger partial charge in [-0.2, -0.15) is 18.4 Å². The molecule has 1 N–H and O–H groups in total. The SMILES string of the molecule is CCC1N=C(C)C(C#N)C(c2ccc(F)cc2C(F)(F)F)C1(CC1CC1)C(=O)O. The fourth-order valence-corrected chi connectivity index (χ4v) is 4.74. The van der Waals surface area contributed by atoms with Crippen LogP contribution in [0.4, 0.5) is 17.6 Å². The molecule has 1 aromatic rings. The van der Waals surface area contributed by atoms with Gasteiger partial charge in [0.2, 0.25) is 0 Å². The Morgan fingerprint density at radius 2 is 2.03 bits per heavy atom. The molecule has 1 heterocycles. The molecule has 3 rings (SSSR count). The van der Waals surface area contributed by atoms with Gasteiger partial charge in [-0.3, -0.25) is 9.79 Å². The molecule has 0 saturated heterocycles. The van der Waals surface area contributed by atoms with Gasteiger partial charge in [-0.05, 0) is 43.4 Å². The predicted octanol–water partition coefficient (Wildman–Crippen LogP) is 5.19. The second-order valence-electron chi connectivity index (χ2n) is 8.00. The molecule has 0 aromatic heterocycles. The number of carboxylic acids is 1. The van der Waals surface area contributed by atoms with Crippen molar-refractivity contribution in [2.45, 2.75) is 57.7 Å². The molecule has 1 saturated carbocycles. The van der Waals surface area contributed by atoms with Crippen LogP contribution in [0.3, 0.4) is 0 Å². The van der Waals surface area contributed by atoms with Crippen LogP contribution in [0, 0.1) is 34.4 Å². The van der Waals surface area contributed by atoms with Crippen molar-refractivity contribution in [1.82, 2.24) is 0 Å². The van der Waals surface area contributed by atoms with Gasteiger partial charge in [-0.1, -0.05) is 25.8 Å². The second-order valence-corrected chi connectivity index (χ2v) is 8.00. The average molecular weight is 410 g/mol. The number of hydrogen-bond acceptors (Lipinski definition) is 3. The van der Waals surface area contributed by atoms with Gasteiger partial charge in [-0.15, -0.1) is 0 Å². The molecule has 156 valence electrons. The lowest BCUT2D eigenvalue weighted by molar-refractivity contribution is -0.155. The summed E-state index contributed by atoms with van der Waals surface area (Å²) in [6.45, 7) is 3.29. The summed E-state index contributed by atoms with van der Waals surface area (Å²) in [7, 11) is 0. The van der Waals surface area contributed by atoms with Crippen molar-refractivity contribution in [2.24, 2.45) is 22.2 Å². The fourth-order valence-electron chi connectivity index (χ4n) is 4.74. The first-order chi connectivity index (χ1) is 13.6. The zero-order valence-electron chi connectivity index (χ0n) is 16.1. The number of rotatable bonds is 5. The molecule has 0 bridgehead atoms. The van der Waals surface area contributed by atoms with Gasteiger partial charge >= 0.3 is 12.1 Å². The Morgan fingerprint density at radius 3 is 2.52 bits per heavy atom. The lowest BCUT2D eigenvalue weighted by Gasteiger charge is -2.47. The van der Waals surface area contributed by atoms with Gasteiger partial charge in [0.05, 0.1) is 29.0 Å². The lowest BCUT2D eigenvalue weighted by Crippen LogP contribution is -2.53. The van der Waals surface area contributed by atoms with E-state index in [-0.39, 0.29) is 17.9 Å². The van der Waals surface area contributed by atoms with Crippen LogP contribution in [0.25, 0.3) is 0 Å². The van der Waals surface area contributed by atoms with E-state index in [0.717, 1.165) is 25.0 Å². The Bertz CT molecular complexity index is 886. The number of benzene rings is 1. The number of nitriles is 1. The van der Waals surface area contributed by atoms with Gasteiger partial charge in [0.1, 0.15) is 5.82 Å². The molecule has 0 amide bonds. The molecule has 0 radical (unpaired) electrons. The summed E-state index contributed by atoms with van der Waals surface area (Å²) in [6, 6.07) is 3.49. The fraction of sp³-hybridized carbons (Fsp3) is 0.571. The summed E-state index contributed by atoms with van der Waals surface area (Å²) in [4.78, 5) is 17.1. The van der Waals surface area contributed by atoms with Crippen LogP contribution in [0.1, 0.15) is 56.6 Å². The van der Waals surface area contributed by atoms with Gasteiger partial charge in [0.25, 0.3) is 0 Å². The molecule has 1 aromatic carbocycles. The van der Waals surface area contributed by atoms with Crippen LogP contribution in [-0.2, 0) is 11.0 Å². The highest BCUT2D eigenvalue weighted by Crippen LogP contribution is 2.57. The van der Waals surface area contributed by atoms with Crippen LogP contribution in [-0.4, -0.2) is 22.8 Å². The molecular formula is C21H22F4N2O2. The highest BCUT2D eigenvalue weighted by molar-refractivity contribution is 5.92. The number of carbonyl (C=O) groups is 1. The summed E-state index contributed by atoms with van der Waals surface area (Å²) in [5.41, 5.74) is -2.92. The molecule has 2 aliphatic rings. The van der Waals surface area contributed by atoms with E-state index in [1.807, 2.05) is 6.07 Å². The first-order valence-corrected chi connectivity index (χ1v) is 9.60. The Balaban J connectivity index is 2.34. The summed E-state index contributed by atoms with van der Waals surface area (Å²) in [5, 5.41) is 20.1. The maximum absolute atomic E-state index is 13.8. The summed E-state index contributed by atoms with van der Waals surface area (Å²) >= 11 is 0. The van der Waals surface area contributed by atoms with E-state index in [1.165, 1.54) is 0 Å². The molecule has 0 spiro atoms. The third-order valence-electron chi connectivity index (χ3n) is 6.20. The number of carboxylic acid groups (broad SMARTS) is 1. The van der Waals surface area contributed by atoms with Crippen molar-refractivity contribution in [3.05, 3.63) is 35.1 Å². The van der Waals surface area contributed by atoms with E-state index in [2.05, 4.69) is 4.99 Å². The molecular weight excluding hydrogens is 388 g/mol. The van der Waals surface area contributed by atoms with Gasteiger partial charge in [0, 0.05) is 11.6 Å². The highest BCUT2D eigenvalue weighted by atomic mass is 19.4. The number of aliphatic imine (C=N–C) groups is 1. The minimum absolute atomic E-state index is 0.0744. The van der Waals surface area contributed by atoms with Gasteiger partial charge in [-0.25, -0.2) is 4.39 Å². The molecule has 1 aliphatic heterocycles. The van der Waals surface area contributed by atoms with E-state index in [0.29, 0.717) is 18.2 Å². The minimum atomic E-state index is -4.88. The molecule has 4 atom stereocenters. The monoisotopic (exact) mass is 410 g/mol. The van der Waals surface area contributed by atoms with Crippen LogP contribution in [0.2, 0.25) is 0 Å². The molecule has 1 fully saturated rings. The topological polar surface area (TPSA) is 73.5 Å². The smallest absolute Gasteiger partial charge is 0.416 e. The van der Waals surface area contributed by atoms with E-state index in [4.69, 9.17) is 0 Å². The van der Waals surface area contributed by atoms with Crippen LogP contribution < -0.4 is 0 Å². The third-order valence-corrected chi connectivity index (χ3v) is 6.20.